The number of piperazine rings is 1. The number of carbonyl (C=O) groups excluding carboxylic acids is 1. The summed E-state index contributed by atoms with van der Waals surface area (Å²) < 4.78 is 5.73. The number of hydrogen-bond acceptors (Lipinski definition) is 5. The Hall–Kier alpha value is -2.60. The molecule has 0 aliphatic carbocycles. The number of unbranched alkanes of at least 4 members (excludes halogenated alkanes) is 1. The number of nitrogens with one attached hydrogen (secondary N) is 1. The van der Waals surface area contributed by atoms with Gasteiger partial charge in [-0.25, -0.2) is 4.98 Å². The van der Waals surface area contributed by atoms with Gasteiger partial charge in [0.1, 0.15) is 11.6 Å². The van der Waals surface area contributed by atoms with E-state index in [0.29, 0.717) is 13.1 Å². The maximum atomic E-state index is 12.3. The average Bonchev–Trinajstić information content (AvgIpc) is 2.74. The lowest BCUT2D eigenvalue weighted by atomic mass is 10.2. The van der Waals surface area contributed by atoms with Crippen LogP contribution in [0.4, 0.5) is 5.82 Å². The van der Waals surface area contributed by atoms with Crippen LogP contribution in [0.15, 0.2) is 48.7 Å². The van der Waals surface area contributed by atoms with E-state index < -0.39 is 0 Å². The quantitative estimate of drug-likeness (QED) is 0.676. The van der Waals surface area contributed by atoms with Crippen LogP contribution < -0.4 is 15.0 Å². The van der Waals surface area contributed by atoms with Crippen molar-refractivity contribution >= 4 is 11.7 Å². The number of rotatable bonds is 9. The van der Waals surface area contributed by atoms with Gasteiger partial charge in [-0.15, -0.1) is 0 Å². The number of hydrogen-bond donors (Lipinski definition) is 1. The third-order valence-corrected chi connectivity index (χ3v) is 4.87. The van der Waals surface area contributed by atoms with E-state index >= 15 is 0 Å². The Balaban J connectivity index is 1.39. The highest BCUT2D eigenvalue weighted by Gasteiger charge is 2.19. The largest absolute Gasteiger partial charge is 0.494 e. The highest BCUT2D eigenvalue weighted by Crippen LogP contribution is 2.14. The molecule has 1 aromatic carbocycles. The van der Waals surface area contributed by atoms with Gasteiger partial charge in [0.25, 0.3) is 0 Å². The summed E-state index contributed by atoms with van der Waals surface area (Å²) in [6, 6.07) is 13.9. The molecule has 1 fully saturated rings. The minimum Gasteiger partial charge on any atom is -0.494 e. The van der Waals surface area contributed by atoms with Crippen LogP contribution in [0.5, 0.6) is 5.75 Å². The molecule has 0 spiro atoms. The van der Waals surface area contributed by atoms with Crippen LogP contribution in [0, 0.1) is 0 Å². The van der Waals surface area contributed by atoms with Gasteiger partial charge in [-0.1, -0.05) is 31.5 Å². The fraction of sp³-hybridized carbons (Fsp3) is 0.455. The van der Waals surface area contributed by atoms with Crippen LogP contribution in [0.2, 0.25) is 0 Å². The second-order valence-corrected chi connectivity index (χ2v) is 7.08. The van der Waals surface area contributed by atoms with Crippen LogP contribution in [0.3, 0.4) is 0 Å². The Labute approximate surface area is 167 Å². The van der Waals surface area contributed by atoms with Crippen LogP contribution >= 0.6 is 0 Å². The summed E-state index contributed by atoms with van der Waals surface area (Å²) in [5.41, 5.74) is 1.06. The Morgan fingerprint density at radius 3 is 2.75 bits per heavy atom. The number of nitrogens with zero attached hydrogens (tertiary/aromatic N) is 3. The van der Waals surface area contributed by atoms with E-state index in [1.54, 1.807) is 0 Å². The Kier molecular flexibility index (Phi) is 7.67. The number of anilines is 1. The second kappa shape index (κ2) is 10.7. The SMILES string of the molecule is CCCCOc1cccc(CNC(=O)CN2CCN(c3ccccn3)CC2)c1. The molecule has 6 nitrogen and oxygen atoms in total. The molecule has 1 aromatic heterocycles. The predicted molar refractivity (Wildman–Crippen MR) is 112 cm³/mol. The van der Waals surface area contributed by atoms with Gasteiger partial charge in [-0.2, -0.15) is 0 Å². The molecule has 0 radical (unpaired) electrons. The number of amides is 1. The number of benzene rings is 1. The van der Waals surface area contributed by atoms with E-state index in [1.807, 2.05) is 48.7 Å². The molecule has 0 bridgehead atoms. The van der Waals surface area contributed by atoms with Crippen LogP contribution in [-0.4, -0.2) is 55.1 Å². The maximum Gasteiger partial charge on any atom is 0.234 e. The van der Waals surface area contributed by atoms with Gasteiger partial charge in [0.15, 0.2) is 0 Å². The van der Waals surface area contributed by atoms with E-state index in [0.717, 1.165) is 62.8 Å². The molecule has 1 N–H and O–H groups in total. The Bertz CT molecular complexity index is 730. The molecule has 1 saturated heterocycles. The smallest absolute Gasteiger partial charge is 0.234 e. The maximum absolute atomic E-state index is 12.3. The van der Waals surface area contributed by atoms with Crippen LogP contribution in [0.1, 0.15) is 25.3 Å². The van der Waals surface area contributed by atoms with Crippen molar-refractivity contribution < 1.29 is 9.53 Å². The summed E-state index contributed by atoms with van der Waals surface area (Å²) in [6.45, 7) is 7.35. The van der Waals surface area contributed by atoms with E-state index in [1.165, 1.54) is 0 Å². The zero-order valence-corrected chi connectivity index (χ0v) is 16.6. The van der Waals surface area contributed by atoms with Crippen molar-refractivity contribution in [1.29, 1.82) is 0 Å². The van der Waals surface area contributed by atoms with Gasteiger partial charge in [0.2, 0.25) is 5.91 Å². The van der Waals surface area contributed by atoms with Gasteiger partial charge in [-0.3, -0.25) is 9.69 Å². The molecule has 3 rings (SSSR count). The van der Waals surface area contributed by atoms with Crippen molar-refractivity contribution in [3.8, 4) is 5.75 Å². The third kappa shape index (κ3) is 6.23. The van der Waals surface area contributed by atoms with Crippen molar-refractivity contribution in [2.24, 2.45) is 0 Å². The molecule has 0 saturated carbocycles. The monoisotopic (exact) mass is 382 g/mol. The third-order valence-electron chi connectivity index (χ3n) is 4.87. The molecule has 150 valence electrons. The molecule has 0 unspecified atom stereocenters. The lowest BCUT2D eigenvalue weighted by Crippen LogP contribution is -2.49. The number of carbonyl (C=O) groups is 1. The summed E-state index contributed by atoms with van der Waals surface area (Å²) in [6.07, 6.45) is 3.99. The fourth-order valence-corrected chi connectivity index (χ4v) is 3.22. The summed E-state index contributed by atoms with van der Waals surface area (Å²) >= 11 is 0. The zero-order valence-electron chi connectivity index (χ0n) is 16.6. The van der Waals surface area contributed by atoms with Crippen LogP contribution in [0.25, 0.3) is 0 Å². The average molecular weight is 383 g/mol. The highest BCUT2D eigenvalue weighted by molar-refractivity contribution is 5.78. The molecule has 2 heterocycles. The van der Waals surface area contributed by atoms with Gasteiger partial charge < -0.3 is 15.0 Å². The topological polar surface area (TPSA) is 57.7 Å². The molecule has 2 aromatic rings. The van der Waals surface area contributed by atoms with E-state index in [2.05, 4.69) is 27.0 Å². The molecule has 1 aliphatic rings. The van der Waals surface area contributed by atoms with Gasteiger partial charge in [0.05, 0.1) is 13.2 Å². The lowest BCUT2D eigenvalue weighted by molar-refractivity contribution is -0.122. The first-order valence-corrected chi connectivity index (χ1v) is 10.1. The first-order valence-electron chi connectivity index (χ1n) is 10.1. The van der Waals surface area contributed by atoms with Crippen molar-refractivity contribution in [2.75, 3.05) is 44.2 Å². The molecule has 6 heteroatoms. The molecular weight excluding hydrogens is 352 g/mol. The molecule has 0 atom stereocenters. The number of pyridine rings is 1. The standard InChI is InChI=1S/C22H30N4O2/c1-2-3-15-28-20-8-6-7-19(16-20)17-24-22(27)18-25-11-13-26(14-12-25)21-9-4-5-10-23-21/h4-10,16H,2-3,11-15,17-18H2,1H3,(H,24,27). The molecule has 1 amide bonds. The van der Waals surface area contributed by atoms with Gasteiger partial charge in [0, 0.05) is 38.9 Å². The van der Waals surface area contributed by atoms with Crippen molar-refractivity contribution in [1.82, 2.24) is 15.2 Å². The fourth-order valence-electron chi connectivity index (χ4n) is 3.22. The Morgan fingerprint density at radius 2 is 2.00 bits per heavy atom. The summed E-state index contributed by atoms with van der Waals surface area (Å²) in [5, 5.41) is 3.02. The predicted octanol–water partition coefficient (Wildman–Crippen LogP) is 2.70. The van der Waals surface area contributed by atoms with Gasteiger partial charge in [-0.05, 0) is 36.2 Å². The van der Waals surface area contributed by atoms with Gasteiger partial charge >= 0.3 is 0 Å². The molecule has 1 aliphatic heterocycles. The lowest BCUT2D eigenvalue weighted by Gasteiger charge is -2.34. The first kappa shape index (κ1) is 20.1. The van der Waals surface area contributed by atoms with E-state index in [-0.39, 0.29) is 5.91 Å². The van der Waals surface area contributed by atoms with Crippen molar-refractivity contribution in [3.05, 3.63) is 54.2 Å². The first-order chi connectivity index (χ1) is 13.7. The second-order valence-electron chi connectivity index (χ2n) is 7.08. The zero-order chi connectivity index (χ0) is 19.6. The Morgan fingerprint density at radius 1 is 1.14 bits per heavy atom. The number of ether oxygens (including phenoxy) is 1. The minimum absolute atomic E-state index is 0.0589. The van der Waals surface area contributed by atoms with E-state index in [9.17, 15) is 4.79 Å². The minimum atomic E-state index is 0.0589. The highest BCUT2D eigenvalue weighted by atomic mass is 16.5. The summed E-state index contributed by atoms with van der Waals surface area (Å²) in [7, 11) is 0. The van der Waals surface area contributed by atoms with Crippen LogP contribution in [-0.2, 0) is 11.3 Å². The van der Waals surface area contributed by atoms with Crippen molar-refractivity contribution in [3.63, 3.8) is 0 Å². The molecular formula is C22H30N4O2. The summed E-state index contributed by atoms with van der Waals surface area (Å²) in [4.78, 5) is 21.2. The van der Waals surface area contributed by atoms with E-state index in [4.69, 9.17) is 4.74 Å². The van der Waals surface area contributed by atoms with Crippen molar-refractivity contribution in [2.45, 2.75) is 26.3 Å². The number of aromatic nitrogens is 1. The molecule has 28 heavy (non-hydrogen) atoms. The summed E-state index contributed by atoms with van der Waals surface area (Å²) in [5.74, 6) is 1.93. The normalized spacial score (nSPS) is 14.7.